The van der Waals surface area contributed by atoms with E-state index in [1.807, 2.05) is 0 Å². The molecule has 0 aromatic heterocycles. The van der Waals surface area contributed by atoms with Gasteiger partial charge in [-0.2, -0.15) is 0 Å². The van der Waals surface area contributed by atoms with Gasteiger partial charge in [0.25, 0.3) is 0 Å². The lowest BCUT2D eigenvalue weighted by molar-refractivity contribution is -0.196. The molecule has 3 fully saturated rings. The largest absolute Gasteiger partial charge is 0.438 e. The number of carbonyl (C=O) groups is 1. The highest BCUT2D eigenvalue weighted by Gasteiger charge is 2.55. The van der Waals surface area contributed by atoms with Gasteiger partial charge in [0.2, 0.25) is 16.4 Å². The number of nitrogens with one attached hydrogen (secondary N) is 1. The molecule has 0 bridgehead atoms. The zero-order chi connectivity index (χ0) is 17.3. The summed E-state index contributed by atoms with van der Waals surface area (Å²) in [7, 11) is 0. The second kappa shape index (κ2) is 7.68. The van der Waals surface area contributed by atoms with Gasteiger partial charge in [-0.3, -0.25) is 0 Å². The van der Waals surface area contributed by atoms with Crippen LogP contribution in [0, 0.1) is 0 Å². The molecule has 10 heteroatoms. The van der Waals surface area contributed by atoms with Crippen molar-refractivity contribution in [2.24, 2.45) is 0 Å². The predicted octanol–water partition coefficient (Wildman–Crippen LogP) is 3.22. The van der Waals surface area contributed by atoms with E-state index in [2.05, 4.69) is 5.32 Å². The Labute approximate surface area is 154 Å². The zero-order valence-corrected chi connectivity index (χ0v) is 15.0. The summed E-state index contributed by atoms with van der Waals surface area (Å²) in [6, 6.07) is 0.0410. The number of rotatable bonds is 2. The fourth-order valence-electron chi connectivity index (χ4n) is 3.20. The predicted molar refractivity (Wildman–Crippen MR) is 84.9 cm³/mol. The van der Waals surface area contributed by atoms with E-state index < -0.39 is 40.8 Å². The highest BCUT2D eigenvalue weighted by Crippen LogP contribution is 2.41. The normalized spacial score (nSPS) is 37.8. The first kappa shape index (κ1) is 18.7. The molecule has 1 N–H and O–H groups in total. The lowest BCUT2D eigenvalue weighted by Crippen LogP contribution is -2.53. The van der Waals surface area contributed by atoms with Gasteiger partial charge in [0.05, 0.1) is 6.61 Å². The summed E-state index contributed by atoms with van der Waals surface area (Å²) in [5.41, 5.74) is 0. The van der Waals surface area contributed by atoms with Gasteiger partial charge in [-0.1, -0.05) is 54.1 Å². The van der Waals surface area contributed by atoms with Crippen molar-refractivity contribution in [2.45, 2.75) is 72.9 Å². The number of fused-ring (bicyclic) bond motifs is 1. The van der Waals surface area contributed by atoms with Crippen molar-refractivity contribution in [3.8, 4) is 0 Å². The third kappa shape index (κ3) is 4.37. The van der Waals surface area contributed by atoms with Gasteiger partial charge >= 0.3 is 6.09 Å². The van der Waals surface area contributed by atoms with E-state index in [0.717, 1.165) is 32.1 Å². The first-order valence-corrected chi connectivity index (χ1v) is 9.08. The number of alkyl carbamates (subject to hydrolysis) is 1. The van der Waals surface area contributed by atoms with E-state index >= 15 is 0 Å². The molecule has 1 saturated carbocycles. The smallest absolute Gasteiger partial charge is 0.407 e. The summed E-state index contributed by atoms with van der Waals surface area (Å²) in [4.78, 5) is 12.1. The molecule has 0 radical (unpaired) electrons. The zero-order valence-electron chi connectivity index (χ0n) is 12.8. The Hall–Kier alpha value is -0.0500. The van der Waals surface area contributed by atoms with Crippen molar-refractivity contribution < 1.29 is 28.1 Å². The van der Waals surface area contributed by atoms with Crippen LogP contribution in [-0.4, -0.2) is 53.5 Å². The van der Waals surface area contributed by atoms with Crippen molar-refractivity contribution in [2.75, 3.05) is 6.61 Å². The van der Waals surface area contributed by atoms with Gasteiger partial charge in [0.15, 0.2) is 6.10 Å². The van der Waals surface area contributed by atoms with Crippen molar-refractivity contribution in [3.63, 3.8) is 0 Å². The lowest BCUT2D eigenvalue weighted by atomic mass is 9.96. The van der Waals surface area contributed by atoms with Crippen LogP contribution in [0.25, 0.3) is 0 Å². The lowest BCUT2D eigenvalue weighted by Gasteiger charge is -2.33. The number of amides is 1. The molecule has 3 aliphatic rings. The maximum atomic E-state index is 14.1. The summed E-state index contributed by atoms with van der Waals surface area (Å²) in [5.74, 6) is 0. The Bertz CT molecular complexity index is 460. The minimum Gasteiger partial charge on any atom is -0.438 e. The van der Waals surface area contributed by atoms with E-state index in [1.165, 1.54) is 0 Å². The topological polar surface area (TPSA) is 66.0 Å². The minimum absolute atomic E-state index is 0.0410. The summed E-state index contributed by atoms with van der Waals surface area (Å²) in [5, 5.41) is 2.75. The van der Waals surface area contributed by atoms with E-state index in [0.29, 0.717) is 0 Å². The number of ether oxygens (including phenoxy) is 4. The van der Waals surface area contributed by atoms with E-state index in [4.69, 9.17) is 53.8 Å². The molecular formula is C14H19Cl3FNO5. The SMILES string of the molecule is O=C(NC1CCCCC1)O[C@H]1[C@@H]2O[C@@H](C(Cl)(Cl)Cl)O[C@@H]2CO[C@@H]1F. The van der Waals surface area contributed by atoms with Crippen LogP contribution in [0.2, 0.25) is 0 Å². The van der Waals surface area contributed by atoms with Crippen LogP contribution in [0.5, 0.6) is 0 Å². The second-order valence-electron chi connectivity index (χ2n) is 6.18. The molecule has 5 atom stereocenters. The third-order valence-corrected chi connectivity index (χ3v) is 4.92. The molecule has 24 heavy (non-hydrogen) atoms. The quantitative estimate of drug-likeness (QED) is 0.713. The Morgan fingerprint density at radius 1 is 1.17 bits per heavy atom. The molecule has 0 aromatic carbocycles. The molecule has 0 spiro atoms. The van der Waals surface area contributed by atoms with E-state index in [1.54, 1.807) is 0 Å². The van der Waals surface area contributed by atoms with Crippen LogP contribution >= 0.6 is 34.8 Å². The van der Waals surface area contributed by atoms with Gasteiger partial charge in [-0.25, -0.2) is 9.18 Å². The van der Waals surface area contributed by atoms with Gasteiger partial charge in [-0.15, -0.1) is 0 Å². The molecule has 0 unspecified atom stereocenters. The number of alkyl halides is 4. The molecule has 138 valence electrons. The minimum atomic E-state index is -1.84. The number of hydrogen-bond donors (Lipinski definition) is 1. The van der Waals surface area contributed by atoms with Crippen LogP contribution < -0.4 is 5.32 Å². The maximum Gasteiger partial charge on any atom is 0.407 e. The Morgan fingerprint density at radius 2 is 1.88 bits per heavy atom. The number of halogens is 4. The molecule has 3 rings (SSSR count). The number of carbonyl (C=O) groups excluding carboxylic acids is 1. The Morgan fingerprint density at radius 3 is 2.54 bits per heavy atom. The second-order valence-corrected chi connectivity index (χ2v) is 8.55. The monoisotopic (exact) mass is 405 g/mol. The first-order valence-electron chi connectivity index (χ1n) is 7.95. The van der Waals surface area contributed by atoms with Gasteiger partial charge in [-0.05, 0) is 12.8 Å². The molecule has 2 saturated heterocycles. The van der Waals surface area contributed by atoms with Crippen LogP contribution in [-0.2, 0) is 18.9 Å². The fraction of sp³-hybridized carbons (Fsp3) is 0.929. The van der Waals surface area contributed by atoms with Gasteiger partial charge in [0.1, 0.15) is 12.2 Å². The molecule has 6 nitrogen and oxygen atoms in total. The summed E-state index contributed by atoms with van der Waals surface area (Å²) < 4.78 is 33.3. The van der Waals surface area contributed by atoms with Crippen molar-refractivity contribution in [1.29, 1.82) is 0 Å². The molecule has 0 aromatic rings. The van der Waals surface area contributed by atoms with E-state index in [-0.39, 0.29) is 12.6 Å². The molecule has 2 aliphatic heterocycles. The summed E-state index contributed by atoms with van der Waals surface area (Å²) in [6.45, 7) is -0.0762. The van der Waals surface area contributed by atoms with Crippen LogP contribution in [0.15, 0.2) is 0 Å². The van der Waals surface area contributed by atoms with Gasteiger partial charge < -0.3 is 24.3 Å². The highest BCUT2D eigenvalue weighted by molar-refractivity contribution is 6.67. The fourth-order valence-corrected chi connectivity index (χ4v) is 3.51. The third-order valence-electron chi connectivity index (χ3n) is 4.38. The Balaban J connectivity index is 1.59. The molecular weight excluding hydrogens is 388 g/mol. The summed E-state index contributed by atoms with van der Waals surface area (Å²) in [6.07, 6.45) is -1.55. The molecule has 1 aliphatic carbocycles. The van der Waals surface area contributed by atoms with Crippen molar-refractivity contribution in [3.05, 3.63) is 0 Å². The van der Waals surface area contributed by atoms with Crippen molar-refractivity contribution in [1.82, 2.24) is 5.32 Å². The average molecular weight is 407 g/mol. The Kier molecular flexibility index (Phi) is 5.99. The number of hydrogen-bond acceptors (Lipinski definition) is 5. The first-order chi connectivity index (χ1) is 11.3. The standard InChI is InChI=1S/C14H19Cl3FNO5/c15-14(16,17)12-22-8-6-21-11(18)10(9(8)23-12)24-13(20)19-7-4-2-1-3-5-7/h7-12H,1-6H2,(H,19,20)/t8-,9-,10+,11+,12+/m1/s1. The highest BCUT2D eigenvalue weighted by atomic mass is 35.6. The van der Waals surface area contributed by atoms with Crippen LogP contribution in [0.3, 0.4) is 0 Å². The van der Waals surface area contributed by atoms with Crippen molar-refractivity contribution >= 4 is 40.9 Å². The van der Waals surface area contributed by atoms with E-state index in [9.17, 15) is 9.18 Å². The molecule has 2 heterocycles. The average Bonchev–Trinajstić information content (AvgIpc) is 2.96. The van der Waals surface area contributed by atoms with Gasteiger partial charge in [0, 0.05) is 6.04 Å². The maximum absolute atomic E-state index is 14.1. The summed E-state index contributed by atoms with van der Waals surface area (Å²) >= 11 is 17.2. The van der Waals surface area contributed by atoms with Crippen LogP contribution in [0.1, 0.15) is 32.1 Å². The molecule has 1 amide bonds. The van der Waals surface area contributed by atoms with Crippen LogP contribution in [0.4, 0.5) is 9.18 Å².